The van der Waals surface area contributed by atoms with Crippen LogP contribution in [0, 0.1) is 12.3 Å². The Morgan fingerprint density at radius 2 is 1.56 bits per heavy atom. The number of rotatable bonds is 15. The van der Waals surface area contributed by atoms with Crippen molar-refractivity contribution in [3.05, 3.63) is 59.2 Å². The third kappa shape index (κ3) is 10.5. The van der Waals surface area contributed by atoms with Gasteiger partial charge in [0.05, 0.1) is 43.5 Å². The third-order valence-corrected chi connectivity index (χ3v) is 12.2. The van der Waals surface area contributed by atoms with E-state index in [-0.39, 0.29) is 62.6 Å². The number of aryl methyl sites for hydroxylation is 1. The Labute approximate surface area is 351 Å². The molecule has 6 rings (SSSR count). The van der Waals surface area contributed by atoms with Crippen molar-refractivity contribution in [3.63, 3.8) is 0 Å². The number of hydrogen-bond acceptors (Lipinski definition) is 19. The van der Waals surface area contributed by atoms with Gasteiger partial charge in [-0.05, 0) is 86.9 Å². The van der Waals surface area contributed by atoms with E-state index in [4.69, 9.17) is 33.2 Å². The van der Waals surface area contributed by atoms with Crippen LogP contribution in [-0.2, 0) is 44.4 Å². The molecule has 4 aliphatic heterocycles. The molecule has 19 heteroatoms. The Kier molecular flexibility index (Phi) is 15.7. The van der Waals surface area contributed by atoms with Crippen LogP contribution in [0.15, 0.2) is 42.5 Å². The van der Waals surface area contributed by atoms with Crippen molar-refractivity contribution < 1.29 is 94.1 Å². The van der Waals surface area contributed by atoms with Crippen LogP contribution in [0.3, 0.4) is 0 Å². The minimum atomic E-state index is -1.79. The van der Waals surface area contributed by atoms with E-state index in [1.165, 1.54) is 24.3 Å². The lowest BCUT2D eigenvalue weighted by Gasteiger charge is -2.47. The Balaban J connectivity index is 1.31. The summed E-state index contributed by atoms with van der Waals surface area (Å²) in [5.74, 6) is -1.55. The van der Waals surface area contributed by atoms with Gasteiger partial charge in [-0.1, -0.05) is 18.2 Å². The first-order chi connectivity index (χ1) is 29.0. The Morgan fingerprint density at radius 1 is 0.820 bits per heavy atom. The van der Waals surface area contributed by atoms with E-state index >= 15 is 0 Å². The van der Waals surface area contributed by atoms with Gasteiger partial charge in [-0.15, -0.1) is 0 Å². The summed E-state index contributed by atoms with van der Waals surface area (Å²) >= 11 is 0. The number of esters is 1. The van der Waals surface area contributed by atoms with E-state index in [1.54, 1.807) is 32.0 Å². The van der Waals surface area contributed by atoms with Crippen molar-refractivity contribution in [2.45, 2.75) is 138 Å². The molecule has 2 aromatic carbocycles. The maximum Gasteiger partial charge on any atom is 0.331 e. The second-order valence-corrected chi connectivity index (χ2v) is 16.3. The molecule has 340 valence electrons. The fourth-order valence-corrected chi connectivity index (χ4v) is 8.42. The predicted octanol–water partition coefficient (Wildman–Crippen LogP) is -0.986. The number of ether oxygens (including phenoxy) is 7. The zero-order valence-electron chi connectivity index (χ0n) is 33.8. The summed E-state index contributed by atoms with van der Waals surface area (Å²) in [7, 11) is 0. The van der Waals surface area contributed by atoms with Crippen LogP contribution >= 0.6 is 0 Å². The molecule has 19 nitrogen and oxygen atoms in total. The zero-order chi connectivity index (χ0) is 44.2. The quantitative estimate of drug-likeness (QED) is 0.0582. The maximum absolute atomic E-state index is 13.6. The number of fused-ring (bicyclic) bond motifs is 2. The molecule has 0 aromatic heterocycles. The first-order valence-corrected chi connectivity index (χ1v) is 20.4. The van der Waals surface area contributed by atoms with Gasteiger partial charge in [-0.3, -0.25) is 0 Å². The Bertz CT molecular complexity index is 1790. The van der Waals surface area contributed by atoms with Crippen molar-refractivity contribution in [1.82, 2.24) is 0 Å². The molecule has 0 aliphatic carbocycles. The van der Waals surface area contributed by atoms with Crippen LogP contribution in [-0.4, -0.2) is 181 Å². The summed E-state index contributed by atoms with van der Waals surface area (Å²) in [6.45, 7) is 1.97. The van der Waals surface area contributed by atoms with E-state index in [9.17, 15) is 61.0 Å². The minimum absolute atomic E-state index is 0.00857. The van der Waals surface area contributed by atoms with E-state index in [1.807, 2.05) is 0 Å². The van der Waals surface area contributed by atoms with Gasteiger partial charge in [-0.25, -0.2) is 4.79 Å². The van der Waals surface area contributed by atoms with Crippen molar-refractivity contribution >= 4 is 12.0 Å². The molecule has 11 N–H and O–H groups in total. The largest absolute Gasteiger partial charge is 0.508 e. The highest BCUT2D eigenvalue weighted by Crippen LogP contribution is 2.48. The molecule has 0 radical (unpaired) electrons. The van der Waals surface area contributed by atoms with Crippen molar-refractivity contribution in [2.75, 3.05) is 26.4 Å². The molecule has 4 saturated heterocycles. The summed E-state index contributed by atoms with van der Waals surface area (Å²) in [5, 5.41) is 115. The highest BCUT2D eigenvalue weighted by atomic mass is 16.7. The second kappa shape index (κ2) is 20.3. The van der Waals surface area contributed by atoms with Gasteiger partial charge >= 0.3 is 5.97 Å². The SMILES string of the molecule is Cc1ccc(/C=C/C(=O)O[C@@H]2C(CO[C@@H]3OC(CO)[C@@H](O)C(O)C3O)O[C@@H](OCCc3ccc(O)c(O)c3)[C@]3(CCC[C@@H]4OC(C)[C@H](O)C(O)C4O)CCOC2C3O)cc1O. The lowest BCUT2D eigenvalue weighted by atomic mass is 9.70. The van der Waals surface area contributed by atoms with Crippen LogP contribution < -0.4 is 0 Å². The number of carbonyl (C=O) groups is 1. The molecule has 2 aromatic rings. The molecule has 16 atom stereocenters. The van der Waals surface area contributed by atoms with E-state index in [2.05, 4.69) is 0 Å². The number of benzene rings is 2. The molecular weight excluding hydrogens is 808 g/mol. The standard InChI is InChI=1S/C42H58O19/c1-20-5-6-22(16-25(20)45)8-10-30(47)61-37-29(19-57-40-36(53)35(52)33(50)28(18-43)59-40)60-41(56-14-11-23-7-9-24(44)26(46)17-23)42(13-15-55-38(37)39(42)54)12-3-4-27-32(49)34(51)31(48)21(2)58-27/h5-10,16-17,21,27-29,31-41,43-46,48-54H,3-4,11-15,18-19H2,1-2H3/b10-8+/t21?,27-,28?,29?,31-,32?,33+,34?,35?,36?,37+,38?,39?,40+,41+,42+/m0/s1. The predicted molar refractivity (Wildman–Crippen MR) is 209 cm³/mol. The van der Waals surface area contributed by atoms with E-state index in [0.717, 1.165) is 6.08 Å². The number of aliphatic hydroxyl groups excluding tert-OH is 8. The molecule has 4 heterocycles. The maximum atomic E-state index is 13.6. The fraction of sp³-hybridized carbons (Fsp3) is 0.643. The second-order valence-electron chi connectivity index (χ2n) is 16.3. The van der Waals surface area contributed by atoms with Gasteiger partial charge in [0.15, 0.2) is 30.2 Å². The lowest BCUT2D eigenvalue weighted by Crippen LogP contribution is -2.60. The summed E-state index contributed by atoms with van der Waals surface area (Å²) in [6, 6.07) is 9.06. The van der Waals surface area contributed by atoms with E-state index in [0.29, 0.717) is 16.7 Å². The third-order valence-electron chi connectivity index (χ3n) is 12.2. The molecule has 2 bridgehead atoms. The minimum Gasteiger partial charge on any atom is -0.508 e. The molecule has 0 amide bonds. The van der Waals surface area contributed by atoms with Crippen LogP contribution in [0.1, 0.15) is 49.3 Å². The summed E-state index contributed by atoms with van der Waals surface area (Å²) in [6.07, 6.45) is -17.3. The highest BCUT2D eigenvalue weighted by Gasteiger charge is 2.60. The highest BCUT2D eigenvalue weighted by molar-refractivity contribution is 5.87. The zero-order valence-corrected chi connectivity index (χ0v) is 33.8. The van der Waals surface area contributed by atoms with Crippen molar-refractivity contribution in [3.8, 4) is 17.2 Å². The van der Waals surface area contributed by atoms with E-state index < -0.39 is 117 Å². The normalized spacial score (nSPS) is 38.0. The Hall–Kier alpha value is -3.51. The number of carbonyl (C=O) groups excluding carboxylic acids is 1. The average molecular weight is 867 g/mol. The number of aromatic hydroxyl groups is 3. The van der Waals surface area contributed by atoms with Crippen LogP contribution in [0.5, 0.6) is 17.2 Å². The molecular formula is C42H58O19. The van der Waals surface area contributed by atoms with Gasteiger partial charge in [0.1, 0.15) is 60.7 Å². The monoisotopic (exact) mass is 866 g/mol. The summed E-state index contributed by atoms with van der Waals surface area (Å²) in [4.78, 5) is 13.6. The number of phenols is 3. The molecule has 4 aliphatic rings. The fourth-order valence-electron chi connectivity index (χ4n) is 8.42. The van der Waals surface area contributed by atoms with Gasteiger partial charge in [0.25, 0.3) is 0 Å². The smallest absolute Gasteiger partial charge is 0.331 e. The van der Waals surface area contributed by atoms with Crippen molar-refractivity contribution in [2.24, 2.45) is 5.41 Å². The number of phenolic OH excluding ortho intramolecular Hbond substituents is 3. The topological polar surface area (TPSA) is 304 Å². The van der Waals surface area contributed by atoms with Crippen LogP contribution in [0.2, 0.25) is 0 Å². The average Bonchev–Trinajstić information content (AvgIpc) is 3.27. The first-order valence-electron chi connectivity index (χ1n) is 20.4. The van der Waals surface area contributed by atoms with Crippen molar-refractivity contribution in [1.29, 1.82) is 0 Å². The molecule has 9 unspecified atom stereocenters. The van der Waals surface area contributed by atoms with Gasteiger partial charge in [0.2, 0.25) is 0 Å². The molecule has 61 heavy (non-hydrogen) atoms. The summed E-state index contributed by atoms with van der Waals surface area (Å²) < 4.78 is 42.5. The number of aliphatic hydroxyl groups is 8. The van der Waals surface area contributed by atoms with Gasteiger partial charge < -0.3 is 89.3 Å². The molecule has 0 spiro atoms. The van der Waals surface area contributed by atoms with Gasteiger partial charge in [0, 0.05) is 12.7 Å². The Morgan fingerprint density at radius 3 is 2.28 bits per heavy atom. The first kappa shape index (κ1) is 47.0. The lowest BCUT2D eigenvalue weighted by molar-refractivity contribution is -0.314. The van der Waals surface area contributed by atoms with Crippen LogP contribution in [0.25, 0.3) is 6.08 Å². The van der Waals surface area contributed by atoms with Crippen LogP contribution in [0.4, 0.5) is 0 Å². The number of hydrogen-bond donors (Lipinski definition) is 11. The van der Waals surface area contributed by atoms with Gasteiger partial charge in [-0.2, -0.15) is 0 Å². The molecule has 4 fully saturated rings. The molecule has 0 saturated carbocycles. The summed E-state index contributed by atoms with van der Waals surface area (Å²) in [5.41, 5.74) is 0.383.